The van der Waals surface area contributed by atoms with Crippen molar-refractivity contribution < 1.29 is 18.1 Å². The van der Waals surface area contributed by atoms with Gasteiger partial charge < -0.3 is 4.74 Å². The lowest BCUT2D eigenvalue weighted by atomic mass is 10.2. The highest BCUT2D eigenvalue weighted by Gasteiger charge is 2.46. The van der Waals surface area contributed by atoms with Crippen LogP contribution in [-0.4, -0.2) is 43.6 Å². The van der Waals surface area contributed by atoms with Crippen molar-refractivity contribution in [1.29, 1.82) is 0 Å². The second kappa shape index (κ2) is 3.59. The van der Waals surface area contributed by atoms with Crippen LogP contribution in [0.5, 0.6) is 0 Å². The highest BCUT2D eigenvalue weighted by atomic mass is 32.2. The Morgan fingerprint density at radius 1 is 1.54 bits per heavy atom. The molecule has 0 spiro atoms. The van der Waals surface area contributed by atoms with E-state index >= 15 is 0 Å². The van der Waals surface area contributed by atoms with E-state index in [2.05, 4.69) is 0 Å². The summed E-state index contributed by atoms with van der Waals surface area (Å²) in [6.07, 6.45) is -0.773. The van der Waals surface area contributed by atoms with Crippen molar-refractivity contribution in [1.82, 2.24) is 0 Å². The number of hydrogen-bond donors (Lipinski definition) is 0. The van der Waals surface area contributed by atoms with Crippen LogP contribution in [0.3, 0.4) is 0 Å². The van der Waals surface area contributed by atoms with E-state index in [9.17, 15) is 18.5 Å². The Hall–Kier alpha value is -0.690. The summed E-state index contributed by atoms with van der Waals surface area (Å²) in [4.78, 5) is 9.86. The van der Waals surface area contributed by atoms with Crippen LogP contribution in [0.25, 0.3) is 0 Å². The molecule has 1 aliphatic heterocycles. The van der Waals surface area contributed by atoms with Crippen molar-refractivity contribution in [2.75, 3.05) is 18.1 Å². The van der Waals surface area contributed by atoms with Crippen LogP contribution in [0.2, 0.25) is 0 Å². The first-order valence-electron chi connectivity index (χ1n) is 3.92. The molecule has 7 heteroatoms. The fourth-order valence-electron chi connectivity index (χ4n) is 1.37. The molecule has 0 aromatic rings. The summed E-state index contributed by atoms with van der Waals surface area (Å²) in [6, 6.07) is -1.09. The largest absolute Gasteiger partial charge is 0.370 e. The van der Waals surface area contributed by atoms with Crippen molar-refractivity contribution in [3.63, 3.8) is 0 Å². The number of hydrogen-bond acceptors (Lipinski definition) is 5. The molecule has 6 nitrogen and oxygen atoms in total. The minimum atomic E-state index is -3.28. The van der Waals surface area contributed by atoms with Gasteiger partial charge in [0.15, 0.2) is 9.84 Å². The van der Waals surface area contributed by atoms with Gasteiger partial charge in [-0.1, -0.05) is 0 Å². The second-order valence-corrected chi connectivity index (χ2v) is 5.08. The molecule has 76 valence electrons. The maximum absolute atomic E-state index is 11.0. The van der Waals surface area contributed by atoms with Gasteiger partial charge >= 0.3 is 0 Å². The summed E-state index contributed by atoms with van der Waals surface area (Å²) in [5.74, 6) is -0.628. The standard InChI is InChI=1S/C6H11NO5S/c1-2-12-6-4-13(10,11)3-5(6)7(8)9/h5-6H,2-4H2,1H3. The Morgan fingerprint density at radius 3 is 2.62 bits per heavy atom. The third kappa shape index (κ3) is 2.38. The van der Waals surface area contributed by atoms with Crippen LogP contribution in [0.15, 0.2) is 0 Å². The van der Waals surface area contributed by atoms with Gasteiger partial charge in [0.25, 0.3) is 6.04 Å². The van der Waals surface area contributed by atoms with Gasteiger partial charge in [-0.3, -0.25) is 10.1 Å². The molecule has 1 aliphatic rings. The highest BCUT2D eigenvalue weighted by molar-refractivity contribution is 7.91. The summed E-state index contributed by atoms with van der Waals surface area (Å²) >= 11 is 0. The van der Waals surface area contributed by atoms with Gasteiger partial charge in [0, 0.05) is 11.5 Å². The fraction of sp³-hybridized carbons (Fsp3) is 1.00. The van der Waals surface area contributed by atoms with E-state index in [1.165, 1.54) is 0 Å². The Bertz CT molecular complexity index is 298. The van der Waals surface area contributed by atoms with Gasteiger partial charge in [0.1, 0.15) is 11.9 Å². The summed E-state index contributed by atoms with van der Waals surface area (Å²) in [5.41, 5.74) is 0. The smallest absolute Gasteiger partial charge is 0.253 e. The Kier molecular flexibility index (Phi) is 2.87. The van der Waals surface area contributed by atoms with E-state index in [0.29, 0.717) is 6.61 Å². The molecule has 1 saturated heterocycles. The van der Waals surface area contributed by atoms with Crippen LogP contribution in [0, 0.1) is 10.1 Å². The number of nitrogens with zero attached hydrogens (tertiary/aromatic N) is 1. The summed E-state index contributed by atoms with van der Waals surface area (Å²) in [7, 11) is -3.28. The minimum Gasteiger partial charge on any atom is -0.370 e. The van der Waals surface area contributed by atoms with E-state index in [4.69, 9.17) is 4.74 Å². The lowest BCUT2D eigenvalue weighted by Crippen LogP contribution is -2.34. The molecule has 0 amide bonds. The fourth-order valence-corrected chi connectivity index (χ4v) is 3.18. The third-order valence-electron chi connectivity index (χ3n) is 1.92. The summed E-state index contributed by atoms with van der Waals surface area (Å²) < 4.78 is 27.1. The monoisotopic (exact) mass is 209 g/mol. The SMILES string of the molecule is CCOC1CS(=O)(=O)CC1[N+](=O)[O-]. The molecular formula is C6H11NO5S. The molecular weight excluding hydrogens is 198 g/mol. The molecule has 0 N–H and O–H groups in total. The normalized spacial score (nSPS) is 31.8. The zero-order valence-electron chi connectivity index (χ0n) is 7.17. The molecule has 13 heavy (non-hydrogen) atoms. The lowest BCUT2D eigenvalue weighted by Gasteiger charge is -2.10. The molecule has 0 aliphatic carbocycles. The lowest BCUT2D eigenvalue weighted by molar-refractivity contribution is -0.526. The molecule has 0 aromatic heterocycles. The molecule has 0 radical (unpaired) electrons. The molecule has 1 fully saturated rings. The van der Waals surface area contributed by atoms with Gasteiger partial charge in [-0.05, 0) is 6.92 Å². The van der Waals surface area contributed by atoms with Crippen LogP contribution in [-0.2, 0) is 14.6 Å². The Morgan fingerprint density at radius 2 is 2.15 bits per heavy atom. The van der Waals surface area contributed by atoms with E-state index in [-0.39, 0.29) is 5.75 Å². The van der Waals surface area contributed by atoms with Gasteiger partial charge in [0.2, 0.25) is 0 Å². The molecule has 2 atom stereocenters. The van der Waals surface area contributed by atoms with Gasteiger partial charge in [-0.15, -0.1) is 0 Å². The summed E-state index contributed by atoms with van der Waals surface area (Å²) in [5, 5.41) is 10.4. The van der Waals surface area contributed by atoms with E-state index < -0.39 is 32.7 Å². The average molecular weight is 209 g/mol. The number of sulfone groups is 1. The van der Waals surface area contributed by atoms with Crippen molar-refractivity contribution >= 4 is 9.84 Å². The topological polar surface area (TPSA) is 86.5 Å². The van der Waals surface area contributed by atoms with E-state index in [1.54, 1.807) is 6.92 Å². The molecule has 0 aromatic carbocycles. The quantitative estimate of drug-likeness (QED) is 0.460. The van der Waals surface area contributed by atoms with Crippen molar-refractivity contribution in [3.8, 4) is 0 Å². The Balaban J connectivity index is 2.77. The van der Waals surface area contributed by atoms with Crippen LogP contribution in [0.1, 0.15) is 6.92 Å². The zero-order valence-corrected chi connectivity index (χ0v) is 7.99. The zero-order chi connectivity index (χ0) is 10.1. The van der Waals surface area contributed by atoms with Gasteiger partial charge in [-0.25, -0.2) is 8.42 Å². The number of nitro groups is 1. The molecule has 2 unspecified atom stereocenters. The van der Waals surface area contributed by atoms with Crippen molar-refractivity contribution in [2.24, 2.45) is 0 Å². The minimum absolute atomic E-state index is 0.230. The van der Waals surface area contributed by atoms with Crippen LogP contribution >= 0.6 is 0 Å². The highest BCUT2D eigenvalue weighted by Crippen LogP contribution is 2.18. The first kappa shape index (κ1) is 10.4. The first-order valence-corrected chi connectivity index (χ1v) is 5.74. The van der Waals surface area contributed by atoms with Gasteiger partial charge in [0.05, 0.1) is 5.75 Å². The van der Waals surface area contributed by atoms with Crippen molar-refractivity contribution in [2.45, 2.75) is 19.1 Å². The number of ether oxygens (including phenoxy) is 1. The predicted molar refractivity (Wildman–Crippen MR) is 44.9 cm³/mol. The molecule has 1 heterocycles. The summed E-state index contributed by atoms with van der Waals surface area (Å²) in [6.45, 7) is 1.98. The second-order valence-electron chi connectivity index (χ2n) is 2.92. The van der Waals surface area contributed by atoms with Gasteiger partial charge in [-0.2, -0.15) is 0 Å². The van der Waals surface area contributed by atoms with Crippen molar-refractivity contribution in [3.05, 3.63) is 10.1 Å². The maximum atomic E-state index is 11.0. The maximum Gasteiger partial charge on any atom is 0.253 e. The third-order valence-corrected chi connectivity index (χ3v) is 3.61. The average Bonchev–Trinajstić information content (AvgIpc) is 2.26. The number of rotatable bonds is 3. The first-order chi connectivity index (χ1) is 5.96. The Labute approximate surface area is 76.0 Å². The van der Waals surface area contributed by atoms with E-state index in [0.717, 1.165) is 0 Å². The molecule has 0 bridgehead atoms. The predicted octanol–water partition coefficient (Wildman–Crippen LogP) is -0.535. The van der Waals surface area contributed by atoms with Crippen LogP contribution in [0.4, 0.5) is 0 Å². The molecule has 0 saturated carbocycles. The molecule has 1 rings (SSSR count). The van der Waals surface area contributed by atoms with E-state index in [1.807, 2.05) is 0 Å². The van der Waals surface area contributed by atoms with Crippen LogP contribution < -0.4 is 0 Å².